The number of aromatic nitrogens is 5. The predicted octanol–water partition coefficient (Wildman–Crippen LogP) is 1.31. The minimum absolute atomic E-state index is 0.0676. The fourth-order valence-electron chi connectivity index (χ4n) is 5.53. The lowest BCUT2D eigenvalue weighted by atomic mass is 9.92. The van der Waals surface area contributed by atoms with E-state index in [2.05, 4.69) is 22.3 Å². The maximum atomic E-state index is 13.8. The Morgan fingerprint density at radius 1 is 1.28 bits per heavy atom. The van der Waals surface area contributed by atoms with Crippen molar-refractivity contribution in [3.05, 3.63) is 35.0 Å². The molecule has 190 valence electrons. The van der Waals surface area contributed by atoms with Crippen molar-refractivity contribution in [2.75, 3.05) is 13.7 Å². The van der Waals surface area contributed by atoms with Gasteiger partial charge in [0.15, 0.2) is 0 Å². The molecule has 11 heteroatoms. The number of likely N-dealkylation sites (tertiary alicyclic amines) is 1. The Balaban J connectivity index is 1.66. The first-order chi connectivity index (χ1) is 17.2. The van der Waals surface area contributed by atoms with E-state index in [-0.39, 0.29) is 18.9 Å². The molecular formula is C25H31N7O4. The molecular weight excluding hydrogens is 462 g/mol. The molecule has 3 N–H and O–H groups in total. The summed E-state index contributed by atoms with van der Waals surface area (Å²) in [6.45, 7) is 4.39. The molecule has 2 aliphatic rings. The van der Waals surface area contributed by atoms with E-state index in [4.69, 9.17) is 10.5 Å². The second-order valence-corrected chi connectivity index (χ2v) is 9.78. The molecule has 0 saturated carbocycles. The summed E-state index contributed by atoms with van der Waals surface area (Å²) < 4.78 is 7.68. The van der Waals surface area contributed by atoms with Crippen LogP contribution in [0, 0.1) is 0 Å². The van der Waals surface area contributed by atoms with E-state index < -0.39 is 17.6 Å². The van der Waals surface area contributed by atoms with E-state index in [1.54, 1.807) is 21.1 Å². The number of nitrogens with zero attached hydrogens (tertiary/aromatic N) is 6. The zero-order valence-electron chi connectivity index (χ0n) is 21.0. The number of methoxy groups -OCH3 is 1. The maximum Gasteiger partial charge on any atom is 0.271 e. The molecule has 4 heterocycles. The number of aryl methyl sites for hydroxylation is 3. The van der Waals surface area contributed by atoms with E-state index in [9.17, 15) is 14.7 Å². The Kier molecular flexibility index (Phi) is 5.82. The Morgan fingerprint density at radius 3 is 2.69 bits per heavy atom. The molecule has 0 unspecified atom stereocenters. The van der Waals surface area contributed by atoms with Crippen molar-refractivity contribution in [2.24, 2.45) is 12.8 Å². The van der Waals surface area contributed by atoms with Gasteiger partial charge in [0.05, 0.1) is 31.5 Å². The smallest absolute Gasteiger partial charge is 0.271 e. The Hall–Kier alpha value is -3.73. The number of benzene rings is 1. The van der Waals surface area contributed by atoms with Crippen LogP contribution in [0.3, 0.4) is 0 Å². The SMILES string of the molecule is CCCc1cc(C(=O)N2C[C@@H](O)C[C@]2(C)C(N)=O)n2c1-c1cc(-c3nnn(C)n3)c(OC)cc1CC2. The monoisotopic (exact) mass is 493 g/mol. The van der Waals surface area contributed by atoms with Crippen molar-refractivity contribution < 1.29 is 19.4 Å². The number of amides is 2. The van der Waals surface area contributed by atoms with Crippen molar-refractivity contribution in [2.45, 2.75) is 57.7 Å². The van der Waals surface area contributed by atoms with Crippen molar-refractivity contribution in [3.63, 3.8) is 0 Å². The fraction of sp³-hybridized carbons (Fsp3) is 0.480. The van der Waals surface area contributed by atoms with Gasteiger partial charge >= 0.3 is 0 Å². The number of rotatable bonds is 6. The van der Waals surface area contributed by atoms with Crippen LogP contribution >= 0.6 is 0 Å². The molecule has 0 bridgehead atoms. The number of primary amides is 1. The Morgan fingerprint density at radius 2 is 2.06 bits per heavy atom. The zero-order chi connectivity index (χ0) is 25.8. The minimum atomic E-state index is -1.24. The van der Waals surface area contributed by atoms with Gasteiger partial charge in [0.2, 0.25) is 11.7 Å². The van der Waals surface area contributed by atoms with Gasteiger partial charge in [0, 0.05) is 25.1 Å². The maximum absolute atomic E-state index is 13.8. The molecule has 1 fully saturated rings. The van der Waals surface area contributed by atoms with Crippen LogP contribution in [0.2, 0.25) is 0 Å². The van der Waals surface area contributed by atoms with Gasteiger partial charge in [-0.2, -0.15) is 4.80 Å². The number of hydrogen-bond donors (Lipinski definition) is 2. The number of aliphatic hydroxyl groups excluding tert-OH is 1. The zero-order valence-corrected chi connectivity index (χ0v) is 21.0. The highest BCUT2D eigenvalue weighted by molar-refractivity contribution is 6.00. The molecule has 1 saturated heterocycles. The van der Waals surface area contributed by atoms with Crippen molar-refractivity contribution in [3.8, 4) is 28.4 Å². The number of nitrogens with two attached hydrogens (primary N) is 1. The molecule has 0 aliphatic carbocycles. The fourth-order valence-corrected chi connectivity index (χ4v) is 5.53. The average molecular weight is 494 g/mol. The van der Waals surface area contributed by atoms with Crippen LogP contribution in [0.25, 0.3) is 22.6 Å². The number of tetrazole rings is 1. The predicted molar refractivity (Wildman–Crippen MR) is 131 cm³/mol. The van der Waals surface area contributed by atoms with E-state index in [1.165, 1.54) is 9.70 Å². The second kappa shape index (κ2) is 8.74. The van der Waals surface area contributed by atoms with Gasteiger partial charge in [0.25, 0.3) is 5.91 Å². The van der Waals surface area contributed by atoms with Crippen LogP contribution in [0.15, 0.2) is 18.2 Å². The minimum Gasteiger partial charge on any atom is -0.496 e. The van der Waals surface area contributed by atoms with E-state index >= 15 is 0 Å². The standard InChI is InChI=1S/C25H31N7O4/c1-5-6-15-9-19(23(34)32-13-16(33)12-25(32,2)24(26)35)31-8-7-14-10-20(36-4)18(11-17(14)21(15)31)22-27-29-30(3)28-22/h9-11,16,33H,5-8,12-13H2,1-4H3,(H2,26,35)/t16-,25+/m0/s1. The number of aliphatic hydroxyl groups is 1. The van der Waals surface area contributed by atoms with E-state index in [0.717, 1.165) is 40.8 Å². The molecule has 0 radical (unpaired) electrons. The highest BCUT2D eigenvalue weighted by Gasteiger charge is 2.49. The Bertz CT molecular complexity index is 1360. The lowest BCUT2D eigenvalue weighted by Crippen LogP contribution is -2.54. The summed E-state index contributed by atoms with van der Waals surface area (Å²) in [6, 6.07) is 5.94. The first-order valence-corrected chi connectivity index (χ1v) is 12.2. The topological polar surface area (TPSA) is 141 Å². The number of ether oxygens (including phenoxy) is 1. The molecule has 11 nitrogen and oxygen atoms in total. The molecule has 3 aromatic rings. The van der Waals surface area contributed by atoms with Gasteiger partial charge in [-0.3, -0.25) is 9.59 Å². The highest BCUT2D eigenvalue weighted by Crippen LogP contribution is 2.42. The van der Waals surface area contributed by atoms with Gasteiger partial charge in [-0.15, -0.1) is 10.2 Å². The van der Waals surface area contributed by atoms with Crippen LogP contribution in [-0.2, 0) is 31.2 Å². The normalized spacial score (nSPS) is 20.8. The van der Waals surface area contributed by atoms with Gasteiger partial charge in [0.1, 0.15) is 17.0 Å². The summed E-state index contributed by atoms with van der Waals surface area (Å²) in [7, 11) is 3.32. The van der Waals surface area contributed by atoms with Crippen molar-refractivity contribution in [1.29, 1.82) is 0 Å². The molecule has 2 amide bonds. The third kappa shape index (κ3) is 3.65. The van der Waals surface area contributed by atoms with Crippen LogP contribution in [0.1, 0.15) is 48.3 Å². The van der Waals surface area contributed by atoms with Gasteiger partial charge in [-0.1, -0.05) is 13.3 Å². The van der Waals surface area contributed by atoms with Crippen LogP contribution in [0.4, 0.5) is 0 Å². The van der Waals surface area contributed by atoms with E-state index in [1.807, 2.05) is 22.8 Å². The van der Waals surface area contributed by atoms with Crippen LogP contribution in [-0.4, -0.2) is 71.9 Å². The summed E-state index contributed by atoms with van der Waals surface area (Å²) in [6.07, 6.45) is 1.70. The molecule has 2 aliphatic heterocycles. The molecule has 36 heavy (non-hydrogen) atoms. The van der Waals surface area contributed by atoms with Crippen LogP contribution < -0.4 is 10.5 Å². The summed E-state index contributed by atoms with van der Waals surface area (Å²) in [5.74, 6) is 0.199. The molecule has 2 atom stereocenters. The van der Waals surface area contributed by atoms with Gasteiger partial charge < -0.3 is 25.0 Å². The number of hydrogen-bond acceptors (Lipinski definition) is 7. The largest absolute Gasteiger partial charge is 0.496 e. The third-order valence-electron chi connectivity index (χ3n) is 7.35. The first-order valence-electron chi connectivity index (χ1n) is 12.2. The lowest BCUT2D eigenvalue weighted by molar-refractivity contribution is -0.126. The van der Waals surface area contributed by atoms with Gasteiger partial charge in [-0.05, 0) is 54.3 Å². The second-order valence-electron chi connectivity index (χ2n) is 9.78. The summed E-state index contributed by atoms with van der Waals surface area (Å²) in [5, 5.41) is 22.8. The van der Waals surface area contributed by atoms with E-state index in [0.29, 0.717) is 30.2 Å². The molecule has 2 aromatic heterocycles. The molecule has 5 rings (SSSR count). The number of carbonyl (C=O) groups excluding carboxylic acids is 2. The Labute approximate surface area is 208 Å². The summed E-state index contributed by atoms with van der Waals surface area (Å²) >= 11 is 0. The number of β-amino-alcohol motifs (C(OH)–C–C–N with tert-alkyl or cyclic N) is 1. The lowest BCUT2D eigenvalue weighted by Gasteiger charge is -2.32. The number of carbonyl (C=O) groups is 2. The summed E-state index contributed by atoms with van der Waals surface area (Å²) in [4.78, 5) is 29.0. The quantitative estimate of drug-likeness (QED) is 0.527. The first kappa shape index (κ1) is 24.0. The highest BCUT2D eigenvalue weighted by atomic mass is 16.5. The third-order valence-corrected chi connectivity index (χ3v) is 7.35. The van der Waals surface area contributed by atoms with Crippen molar-refractivity contribution >= 4 is 11.8 Å². The molecule has 0 spiro atoms. The van der Waals surface area contributed by atoms with Crippen LogP contribution in [0.5, 0.6) is 5.75 Å². The average Bonchev–Trinajstić information content (AvgIpc) is 3.53. The number of fused-ring (bicyclic) bond motifs is 3. The molecule has 1 aromatic carbocycles. The van der Waals surface area contributed by atoms with Crippen molar-refractivity contribution in [1.82, 2.24) is 29.7 Å². The van der Waals surface area contributed by atoms with Gasteiger partial charge in [-0.25, -0.2) is 0 Å². The summed E-state index contributed by atoms with van der Waals surface area (Å²) in [5.41, 5.74) is 9.77.